The molecule has 0 aliphatic carbocycles. The number of carbonyl (C=O) groups excluding carboxylic acids is 1. The molecule has 0 bridgehead atoms. The van der Waals surface area contributed by atoms with Crippen molar-refractivity contribution < 1.29 is 9.18 Å². The number of dihydropyridines is 1. The van der Waals surface area contributed by atoms with Crippen LogP contribution in [0.25, 0.3) is 0 Å². The van der Waals surface area contributed by atoms with Gasteiger partial charge in [0.15, 0.2) is 6.29 Å². The lowest BCUT2D eigenvalue weighted by molar-refractivity contribution is -0.116. The van der Waals surface area contributed by atoms with Crippen LogP contribution in [0.1, 0.15) is 0 Å². The van der Waals surface area contributed by atoms with Crippen molar-refractivity contribution >= 4 is 22.2 Å². The number of allylic oxidation sites excluding steroid dienone is 2. The molecule has 0 amide bonds. The highest BCUT2D eigenvalue weighted by atomic mass is 79.9. The summed E-state index contributed by atoms with van der Waals surface area (Å²) in [5.41, 5.74) is 0. The Bertz CT molecular complexity index is 214. The summed E-state index contributed by atoms with van der Waals surface area (Å²) in [5.74, 6) is -2.03. The summed E-state index contributed by atoms with van der Waals surface area (Å²) in [4.78, 5) is 10.1. The predicted octanol–water partition coefficient (Wildman–Crippen LogP) is 1.25. The minimum Gasteiger partial charge on any atom is -0.339 e. The number of aldehydes is 1. The summed E-state index contributed by atoms with van der Waals surface area (Å²) in [5, 5.41) is 2.30. The molecule has 1 atom stereocenters. The molecule has 0 aromatic rings. The van der Waals surface area contributed by atoms with Crippen molar-refractivity contribution in [3.05, 3.63) is 22.8 Å². The molecule has 1 N–H and O–H groups in total. The molecule has 0 spiro atoms. The van der Waals surface area contributed by atoms with E-state index < -0.39 is 5.79 Å². The Morgan fingerprint density at radius 1 is 1.80 bits per heavy atom. The first-order valence-corrected chi connectivity index (χ1v) is 3.44. The maximum Gasteiger partial charge on any atom is 0.255 e. The van der Waals surface area contributed by atoms with Crippen molar-refractivity contribution in [2.45, 2.75) is 5.79 Å². The molecule has 10 heavy (non-hydrogen) atoms. The zero-order valence-corrected chi connectivity index (χ0v) is 6.56. The Morgan fingerprint density at radius 2 is 2.50 bits per heavy atom. The summed E-state index contributed by atoms with van der Waals surface area (Å²) >= 11 is 3.00. The molecular formula is C6H5BrFNO. The molecule has 0 saturated carbocycles. The molecule has 4 heteroatoms. The van der Waals surface area contributed by atoms with Crippen molar-refractivity contribution in [2.24, 2.45) is 0 Å². The molecule has 0 saturated heterocycles. The van der Waals surface area contributed by atoms with Crippen LogP contribution in [0.4, 0.5) is 4.39 Å². The quantitative estimate of drug-likeness (QED) is 0.516. The third-order valence-electron chi connectivity index (χ3n) is 1.06. The Morgan fingerprint density at radius 3 is 2.90 bits per heavy atom. The van der Waals surface area contributed by atoms with Crippen LogP contribution in [-0.2, 0) is 4.79 Å². The van der Waals surface area contributed by atoms with Crippen LogP contribution in [-0.4, -0.2) is 12.1 Å². The Hall–Kier alpha value is -0.640. The Labute approximate surface area is 65.9 Å². The van der Waals surface area contributed by atoms with E-state index >= 15 is 0 Å². The molecule has 0 radical (unpaired) electrons. The van der Waals surface area contributed by atoms with Crippen LogP contribution in [0.5, 0.6) is 0 Å². The van der Waals surface area contributed by atoms with E-state index in [4.69, 9.17) is 0 Å². The van der Waals surface area contributed by atoms with E-state index in [1.165, 1.54) is 6.08 Å². The Balaban J connectivity index is 2.80. The van der Waals surface area contributed by atoms with Crippen LogP contribution >= 0.6 is 15.9 Å². The molecule has 1 heterocycles. The van der Waals surface area contributed by atoms with Crippen molar-refractivity contribution in [1.29, 1.82) is 0 Å². The zero-order valence-electron chi connectivity index (χ0n) is 4.97. The third-order valence-corrected chi connectivity index (χ3v) is 1.53. The van der Waals surface area contributed by atoms with E-state index in [1.807, 2.05) is 0 Å². The average molecular weight is 206 g/mol. The van der Waals surface area contributed by atoms with Gasteiger partial charge in [-0.05, 0) is 28.1 Å². The first kappa shape index (κ1) is 7.47. The highest BCUT2D eigenvalue weighted by Gasteiger charge is 2.26. The number of hydrogen-bond donors (Lipinski definition) is 1. The summed E-state index contributed by atoms with van der Waals surface area (Å²) in [7, 11) is 0. The molecule has 0 aromatic carbocycles. The maximum absolute atomic E-state index is 12.9. The fourth-order valence-corrected chi connectivity index (χ4v) is 1.06. The number of alkyl halides is 1. The lowest BCUT2D eigenvalue weighted by atomic mass is 10.2. The van der Waals surface area contributed by atoms with Gasteiger partial charge >= 0.3 is 0 Å². The number of rotatable bonds is 1. The topological polar surface area (TPSA) is 29.1 Å². The minimum absolute atomic E-state index is 0.206. The van der Waals surface area contributed by atoms with E-state index in [0.717, 1.165) is 6.08 Å². The highest BCUT2D eigenvalue weighted by molar-refractivity contribution is 9.11. The van der Waals surface area contributed by atoms with Crippen LogP contribution in [0, 0.1) is 0 Å². The monoisotopic (exact) mass is 205 g/mol. The first-order valence-electron chi connectivity index (χ1n) is 2.65. The lowest BCUT2D eigenvalue weighted by Crippen LogP contribution is -2.39. The molecule has 1 aliphatic rings. The summed E-state index contributed by atoms with van der Waals surface area (Å²) < 4.78 is 13.4. The number of nitrogens with one attached hydrogen (secondary N) is 1. The predicted molar refractivity (Wildman–Crippen MR) is 39.2 cm³/mol. The van der Waals surface area contributed by atoms with Crippen LogP contribution in [0.3, 0.4) is 0 Å². The van der Waals surface area contributed by atoms with Gasteiger partial charge in [0.1, 0.15) is 0 Å². The van der Waals surface area contributed by atoms with E-state index in [2.05, 4.69) is 21.2 Å². The average Bonchev–Trinajstić information content (AvgIpc) is 1.88. The van der Waals surface area contributed by atoms with Gasteiger partial charge in [-0.2, -0.15) is 0 Å². The summed E-state index contributed by atoms with van der Waals surface area (Å²) in [6.07, 6.45) is 4.43. The second kappa shape index (κ2) is 2.54. The lowest BCUT2D eigenvalue weighted by Gasteiger charge is -2.19. The number of carbonyl (C=O) groups is 1. The smallest absolute Gasteiger partial charge is 0.255 e. The molecule has 1 aliphatic heterocycles. The normalized spacial score (nSPS) is 30.8. The molecule has 1 rings (SSSR count). The maximum atomic E-state index is 12.9. The van der Waals surface area contributed by atoms with E-state index in [9.17, 15) is 9.18 Å². The number of halogens is 2. The minimum atomic E-state index is -2.03. The van der Waals surface area contributed by atoms with Gasteiger partial charge < -0.3 is 5.32 Å². The van der Waals surface area contributed by atoms with Crippen LogP contribution < -0.4 is 5.32 Å². The van der Waals surface area contributed by atoms with Crippen LogP contribution in [0.2, 0.25) is 0 Å². The van der Waals surface area contributed by atoms with Gasteiger partial charge in [-0.25, -0.2) is 4.39 Å². The van der Waals surface area contributed by atoms with Crippen molar-refractivity contribution in [3.8, 4) is 0 Å². The van der Waals surface area contributed by atoms with Gasteiger partial charge in [-0.1, -0.05) is 6.08 Å². The van der Waals surface area contributed by atoms with Gasteiger partial charge in [-0.15, -0.1) is 0 Å². The molecule has 1 unspecified atom stereocenters. The molecule has 0 aromatic heterocycles. The second-order valence-electron chi connectivity index (χ2n) is 1.88. The Kier molecular flexibility index (Phi) is 1.89. The summed E-state index contributed by atoms with van der Waals surface area (Å²) in [6, 6.07) is 0. The zero-order chi connectivity index (χ0) is 7.61. The molecule has 2 nitrogen and oxygen atoms in total. The van der Waals surface area contributed by atoms with Crippen molar-refractivity contribution in [2.75, 3.05) is 0 Å². The SMILES string of the molecule is O=CC1(F)C=CC=C(Br)N1. The highest BCUT2D eigenvalue weighted by Crippen LogP contribution is 2.16. The van der Waals surface area contributed by atoms with E-state index in [1.54, 1.807) is 6.08 Å². The number of hydrogen-bond acceptors (Lipinski definition) is 2. The van der Waals surface area contributed by atoms with Gasteiger partial charge in [0.05, 0.1) is 4.61 Å². The molecule has 0 fully saturated rings. The first-order chi connectivity index (χ1) is 4.66. The second-order valence-corrected chi connectivity index (χ2v) is 2.74. The van der Waals surface area contributed by atoms with Gasteiger partial charge in [0.25, 0.3) is 5.79 Å². The third kappa shape index (κ3) is 1.44. The van der Waals surface area contributed by atoms with Gasteiger partial charge in [-0.3, -0.25) is 4.79 Å². The van der Waals surface area contributed by atoms with Gasteiger partial charge in [0, 0.05) is 0 Å². The molecular weight excluding hydrogens is 201 g/mol. The van der Waals surface area contributed by atoms with E-state index in [-0.39, 0.29) is 6.29 Å². The fourth-order valence-electron chi connectivity index (χ4n) is 0.608. The standard InChI is InChI=1S/C6H5BrFNO/c7-5-2-1-3-6(8,4-10)9-5/h1-4,9H. The van der Waals surface area contributed by atoms with Crippen molar-refractivity contribution in [3.63, 3.8) is 0 Å². The van der Waals surface area contributed by atoms with Crippen molar-refractivity contribution in [1.82, 2.24) is 5.32 Å². The largest absolute Gasteiger partial charge is 0.339 e. The van der Waals surface area contributed by atoms with Crippen LogP contribution in [0.15, 0.2) is 22.8 Å². The van der Waals surface area contributed by atoms with E-state index in [0.29, 0.717) is 4.61 Å². The molecule has 54 valence electrons. The van der Waals surface area contributed by atoms with Gasteiger partial charge in [0.2, 0.25) is 0 Å². The summed E-state index contributed by atoms with van der Waals surface area (Å²) in [6.45, 7) is 0. The fraction of sp³-hybridized carbons (Fsp3) is 0.167.